The van der Waals surface area contributed by atoms with Crippen LogP contribution in [0.3, 0.4) is 0 Å². The molecule has 116 valence electrons. The highest BCUT2D eigenvalue weighted by molar-refractivity contribution is 6.42. The van der Waals surface area contributed by atoms with Gasteiger partial charge in [0.1, 0.15) is 5.58 Å². The molecule has 6 heteroatoms. The molecule has 1 N–H and O–H groups in total. The molecule has 0 fully saturated rings. The summed E-state index contributed by atoms with van der Waals surface area (Å²) in [6.45, 7) is 1.83. The van der Waals surface area contributed by atoms with E-state index >= 15 is 0 Å². The number of amides is 1. The van der Waals surface area contributed by atoms with Crippen LogP contribution in [0.1, 0.15) is 15.9 Å². The van der Waals surface area contributed by atoms with Crippen LogP contribution >= 0.6 is 23.2 Å². The van der Waals surface area contributed by atoms with Crippen LogP contribution in [0.2, 0.25) is 10.0 Å². The Bertz CT molecular complexity index is 979. The zero-order valence-electron chi connectivity index (χ0n) is 12.0. The van der Waals surface area contributed by atoms with Crippen molar-refractivity contribution in [1.29, 1.82) is 0 Å². The summed E-state index contributed by atoms with van der Waals surface area (Å²) in [5.41, 5.74) is 1.70. The first-order chi connectivity index (χ1) is 10.9. The van der Waals surface area contributed by atoms with E-state index in [0.29, 0.717) is 26.9 Å². The summed E-state index contributed by atoms with van der Waals surface area (Å²) in [6.07, 6.45) is 0. The summed E-state index contributed by atoms with van der Waals surface area (Å²) in [7, 11) is 0. The molecule has 1 amide bonds. The number of fused-ring (bicyclic) bond motifs is 1. The van der Waals surface area contributed by atoms with E-state index in [4.69, 9.17) is 27.6 Å². The minimum Gasteiger partial charge on any atom is -0.423 e. The molecule has 0 spiro atoms. The van der Waals surface area contributed by atoms with E-state index < -0.39 is 5.63 Å². The van der Waals surface area contributed by atoms with Crippen LogP contribution in [0, 0.1) is 6.92 Å². The molecule has 1 aromatic heterocycles. The van der Waals surface area contributed by atoms with E-state index in [2.05, 4.69) is 5.32 Å². The molecular formula is C17H11Cl2NO3. The van der Waals surface area contributed by atoms with Gasteiger partial charge in [-0.05, 0) is 42.8 Å². The number of hydrogen-bond acceptors (Lipinski definition) is 3. The highest BCUT2D eigenvalue weighted by Gasteiger charge is 2.10. The van der Waals surface area contributed by atoms with Gasteiger partial charge in [0.2, 0.25) is 0 Å². The van der Waals surface area contributed by atoms with Gasteiger partial charge in [0.15, 0.2) is 0 Å². The first-order valence-corrected chi connectivity index (χ1v) is 7.50. The maximum absolute atomic E-state index is 12.2. The minimum atomic E-state index is -0.428. The molecule has 2 aromatic carbocycles. The number of halogens is 2. The Labute approximate surface area is 141 Å². The van der Waals surface area contributed by atoms with Gasteiger partial charge in [0.25, 0.3) is 5.91 Å². The second kappa shape index (κ2) is 6.07. The summed E-state index contributed by atoms with van der Waals surface area (Å²) in [5, 5.41) is 4.24. The number of rotatable bonds is 2. The molecule has 0 saturated carbocycles. The molecule has 0 saturated heterocycles. The van der Waals surface area contributed by atoms with E-state index in [9.17, 15) is 9.59 Å². The molecule has 0 unspecified atom stereocenters. The normalized spacial score (nSPS) is 10.7. The molecule has 3 rings (SSSR count). The topological polar surface area (TPSA) is 59.3 Å². The lowest BCUT2D eigenvalue weighted by molar-refractivity contribution is 0.102. The molecule has 1 heterocycles. The van der Waals surface area contributed by atoms with E-state index in [1.165, 1.54) is 12.1 Å². The summed E-state index contributed by atoms with van der Waals surface area (Å²) < 4.78 is 5.16. The van der Waals surface area contributed by atoms with Gasteiger partial charge in [-0.3, -0.25) is 4.79 Å². The molecule has 0 aliphatic rings. The van der Waals surface area contributed by atoms with E-state index in [0.717, 1.165) is 10.9 Å². The molecule has 4 nitrogen and oxygen atoms in total. The van der Waals surface area contributed by atoms with Crippen LogP contribution in [0.15, 0.2) is 51.7 Å². The smallest absolute Gasteiger partial charge is 0.336 e. The summed E-state index contributed by atoms with van der Waals surface area (Å²) in [6, 6.07) is 11.2. The van der Waals surface area contributed by atoms with Crippen LogP contribution in [-0.2, 0) is 0 Å². The Morgan fingerprint density at radius 1 is 1.04 bits per heavy atom. The van der Waals surface area contributed by atoms with Crippen molar-refractivity contribution in [2.24, 2.45) is 0 Å². The van der Waals surface area contributed by atoms with Crippen LogP contribution in [0.5, 0.6) is 0 Å². The standard InChI is InChI=1S/C17H11Cl2NO3/c1-9-6-16(21)23-15-8-11(3-4-12(9)15)20-17(22)10-2-5-13(18)14(19)7-10/h2-8H,1H3,(H,20,22). The molecule has 0 bridgehead atoms. The van der Waals surface area contributed by atoms with Crippen LogP contribution < -0.4 is 10.9 Å². The maximum atomic E-state index is 12.2. The average molecular weight is 348 g/mol. The van der Waals surface area contributed by atoms with Gasteiger partial charge in [-0.1, -0.05) is 23.2 Å². The molecule has 0 aliphatic heterocycles. The maximum Gasteiger partial charge on any atom is 0.336 e. The molecule has 3 aromatic rings. The van der Waals surface area contributed by atoms with Crippen molar-refractivity contribution in [3.63, 3.8) is 0 Å². The number of carbonyl (C=O) groups is 1. The zero-order valence-corrected chi connectivity index (χ0v) is 13.5. The van der Waals surface area contributed by atoms with Gasteiger partial charge >= 0.3 is 5.63 Å². The van der Waals surface area contributed by atoms with Gasteiger partial charge in [0.05, 0.1) is 10.0 Å². The Morgan fingerprint density at radius 2 is 1.83 bits per heavy atom. The van der Waals surface area contributed by atoms with E-state index in [1.807, 2.05) is 6.92 Å². The molecule has 23 heavy (non-hydrogen) atoms. The highest BCUT2D eigenvalue weighted by atomic mass is 35.5. The van der Waals surface area contributed by atoms with Crippen LogP contribution in [-0.4, -0.2) is 5.91 Å². The predicted molar refractivity (Wildman–Crippen MR) is 91.6 cm³/mol. The second-order valence-electron chi connectivity index (χ2n) is 5.04. The fourth-order valence-corrected chi connectivity index (χ4v) is 2.54. The Balaban J connectivity index is 1.93. The third kappa shape index (κ3) is 3.23. The molecule has 0 atom stereocenters. The van der Waals surface area contributed by atoms with Gasteiger partial charge < -0.3 is 9.73 Å². The number of carbonyl (C=O) groups excluding carboxylic acids is 1. The van der Waals surface area contributed by atoms with Crippen molar-refractivity contribution >= 4 is 45.8 Å². The monoisotopic (exact) mass is 347 g/mol. The van der Waals surface area contributed by atoms with Crippen molar-refractivity contribution in [2.75, 3.05) is 5.32 Å². The molecular weight excluding hydrogens is 337 g/mol. The highest BCUT2D eigenvalue weighted by Crippen LogP contribution is 2.24. The Morgan fingerprint density at radius 3 is 2.57 bits per heavy atom. The number of hydrogen-bond donors (Lipinski definition) is 1. The summed E-state index contributed by atoms with van der Waals surface area (Å²) in [4.78, 5) is 23.7. The number of aryl methyl sites for hydroxylation is 1. The predicted octanol–water partition coefficient (Wildman–Crippen LogP) is 4.66. The second-order valence-corrected chi connectivity index (χ2v) is 5.86. The van der Waals surface area contributed by atoms with Crippen molar-refractivity contribution in [2.45, 2.75) is 6.92 Å². The van der Waals surface area contributed by atoms with Crippen LogP contribution in [0.25, 0.3) is 11.0 Å². The number of benzene rings is 2. The average Bonchev–Trinajstić information content (AvgIpc) is 2.49. The largest absolute Gasteiger partial charge is 0.423 e. The molecule has 0 aliphatic carbocycles. The first-order valence-electron chi connectivity index (χ1n) is 6.75. The fraction of sp³-hybridized carbons (Fsp3) is 0.0588. The zero-order chi connectivity index (χ0) is 16.6. The van der Waals surface area contributed by atoms with Gasteiger partial charge in [-0.15, -0.1) is 0 Å². The van der Waals surface area contributed by atoms with Crippen molar-refractivity contribution in [3.05, 3.63) is 74.1 Å². The quantitative estimate of drug-likeness (QED) is 0.685. The van der Waals surface area contributed by atoms with Gasteiger partial charge in [-0.2, -0.15) is 0 Å². The minimum absolute atomic E-state index is 0.305. The first kappa shape index (κ1) is 15.6. The van der Waals surface area contributed by atoms with Gasteiger partial charge in [0, 0.05) is 28.8 Å². The van der Waals surface area contributed by atoms with E-state index in [1.54, 1.807) is 30.3 Å². The molecule has 0 radical (unpaired) electrons. The fourth-order valence-electron chi connectivity index (χ4n) is 2.24. The third-order valence-corrected chi connectivity index (χ3v) is 4.13. The summed E-state index contributed by atoms with van der Waals surface area (Å²) >= 11 is 11.7. The Kier molecular flexibility index (Phi) is 4.11. The lowest BCUT2D eigenvalue weighted by Crippen LogP contribution is -2.11. The van der Waals surface area contributed by atoms with Crippen LogP contribution in [0.4, 0.5) is 5.69 Å². The van der Waals surface area contributed by atoms with Gasteiger partial charge in [-0.25, -0.2) is 4.79 Å². The van der Waals surface area contributed by atoms with E-state index in [-0.39, 0.29) is 5.91 Å². The van der Waals surface area contributed by atoms with Crippen molar-refractivity contribution in [1.82, 2.24) is 0 Å². The SMILES string of the molecule is Cc1cc(=O)oc2cc(NC(=O)c3ccc(Cl)c(Cl)c3)ccc12. The number of nitrogens with one attached hydrogen (secondary N) is 1. The van der Waals surface area contributed by atoms with Crippen molar-refractivity contribution < 1.29 is 9.21 Å². The lowest BCUT2D eigenvalue weighted by Gasteiger charge is -2.07. The third-order valence-electron chi connectivity index (χ3n) is 3.39. The van der Waals surface area contributed by atoms with Crippen molar-refractivity contribution in [3.8, 4) is 0 Å². The number of anilines is 1. The Hall–Kier alpha value is -2.30. The summed E-state index contributed by atoms with van der Waals surface area (Å²) in [5.74, 6) is -0.335. The lowest BCUT2D eigenvalue weighted by atomic mass is 10.1.